The Kier molecular flexibility index (Phi) is 4.91. The van der Waals surface area contributed by atoms with E-state index in [0.29, 0.717) is 24.5 Å². The highest BCUT2D eigenvalue weighted by Gasteiger charge is 2.04. The largest absolute Gasteiger partial charge is 0.300 e. The van der Waals surface area contributed by atoms with Crippen molar-refractivity contribution in [1.29, 1.82) is 0 Å². The Labute approximate surface area is 63.1 Å². The fraction of sp³-hybridized carbons (Fsp3) is 0.667. The summed E-state index contributed by atoms with van der Waals surface area (Å²) < 4.78 is 0. The van der Waals surface area contributed by atoms with E-state index in [4.69, 9.17) is 0 Å². The summed E-state index contributed by atoms with van der Waals surface area (Å²) in [4.78, 5) is 10.9. The van der Waals surface area contributed by atoms with Crippen LogP contribution in [-0.4, -0.2) is 5.78 Å². The molecular formula is C9H16O. The summed E-state index contributed by atoms with van der Waals surface area (Å²) in [5.41, 5.74) is 0. The summed E-state index contributed by atoms with van der Waals surface area (Å²) in [7, 11) is 0. The predicted octanol–water partition coefficient (Wildman–Crippen LogP) is 2.57. The molecule has 10 heavy (non-hydrogen) atoms. The molecule has 1 heteroatoms. The van der Waals surface area contributed by atoms with Crippen molar-refractivity contribution in [2.75, 3.05) is 0 Å². The first-order chi connectivity index (χ1) is 4.70. The van der Waals surface area contributed by atoms with E-state index in [1.54, 1.807) is 0 Å². The van der Waals surface area contributed by atoms with Crippen LogP contribution in [0.5, 0.6) is 0 Å². The van der Waals surface area contributed by atoms with Crippen LogP contribution in [0.3, 0.4) is 0 Å². The summed E-state index contributed by atoms with van der Waals surface area (Å²) in [6.07, 6.45) is 4.20. The molecule has 0 rings (SSSR count). The maximum atomic E-state index is 10.9. The summed E-state index contributed by atoms with van der Waals surface area (Å²) >= 11 is 0. The standard InChI is InChI=1S/C9H16O/c1-4-6-8(3)7-9(10)5-2/h4,8H,1,5-7H2,2-3H3/t8-/m0/s1. The van der Waals surface area contributed by atoms with Crippen LogP contribution in [0.1, 0.15) is 33.1 Å². The first-order valence-corrected chi connectivity index (χ1v) is 3.83. The number of allylic oxidation sites excluding steroid dienone is 1. The highest BCUT2D eigenvalue weighted by atomic mass is 16.1. The lowest BCUT2D eigenvalue weighted by molar-refractivity contribution is -0.119. The number of hydrogen-bond acceptors (Lipinski definition) is 1. The van der Waals surface area contributed by atoms with E-state index < -0.39 is 0 Å². The van der Waals surface area contributed by atoms with Crippen LogP contribution in [0.2, 0.25) is 0 Å². The van der Waals surface area contributed by atoms with E-state index in [1.165, 1.54) is 0 Å². The van der Waals surface area contributed by atoms with Crippen molar-refractivity contribution in [1.82, 2.24) is 0 Å². The second-order valence-corrected chi connectivity index (χ2v) is 2.73. The molecule has 0 saturated heterocycles. The molecule has 0 heterocycles. The van der Waals surface area contributed by atoms with Gasteiger partial charge in [-0.2, -0.15) is 0 Å². The van der Waals surface area contributed by atoms with Crippen LogP contribution in [0.4, 0.5) is 0 Å². The lowest BCUT2D eigenvalue weighted by Gasteiger charge is -2.04. The first kappa shape index (κ1) is 9.41. The molecule has 0 unspecified atom stereocenters. The molecule has 0 bridgehead atoms. The van der Waals surface area contributed by atoms with Gasteiger partial charge in [0, 0.05) is 12.8 Å². The summed E-state index contributed by atoms with van der Waals surface area (Å²) in [5.74, 6) is 0.833. The molecule has 0 N–H and O–H groups in total. The first-order valence-electron chi connectivity index (χ1n) is 3.83. The minimum Gasteiger partial charge on any atom is -0.300 e. The average Bonchev–Trinajstić information content (AvgIpc) is 1.88. The number of hydrogen-bond donors (Lipinski definition) is 0. The van der Waals surface area contributed by atoms with Crippen LogP contribution >= 0.6 is 0 Å². The molecular weight excluding hydrogens is 124 g/mol. The molecule has 0 aromatic rings. The quantitative estimate of drug-likeness (QED) is 0.536. The van der Waals surface area contributed by atoms with Gasteiger partial charge < -0.3 is 0 Å². The van der Waals surface area contributed by atoms with Gasteiger partial charge in [0.1, 0.15) is 5.78 Å². The van der Waals surface area contributed by atoms with Crippen molar-refractivity contribution in [3.05, 3.63) is 12.7 Å². The van der Waals surface area contributed by atoms with E-state index in [9.17, 15) is 4.79 Å². The summed E-state index contributed by atoms with van der Waals surface area (Å²) in [6, 6.07) is 0. The molecule has 0 fully saturated rings. The van der Waals surface area contributed by atoms with Gasteiger partial charge in [-0.25, -0.2) is 0 Å². The fourth-order valence-corrected chi connectivity index (χ4v) is 0.901. The Morgan fingerprint density at radius 3 is 2.70 bits per heavy atom. The second kappa shape index (κ2) is 5.21. The number of Topliss-reactive ketones (excluding diaryl/α,β-unsaturated/α-hetero) is 1. The van der Waals surface area contributed by atoms with Crippen LogP contribution in [-0.2, 0) is 4.79 Å². The third kappa shape index (κ3) is 4.30. The van der Waals surface area contributed by atoms with Crippen molar-refractivity contribution in [2.24, 2.45) is 5.92 Å². The Hall–Kier alpha value is -0.590. The van der Waals surface area contributed by atoms with Gasteiger partial charge in [-0.3, -0.25) is 4.79 Å². The third-order valence-electron chi connectivity index (χ3n) is 1.54. The molecule has 1 atom stereocenters. The second-order valence-electron chi connectivity index (χ2n) is 2.73. The van der Waals surface area contributed by atoms with Crippen molar-refractivity contribution in [3.8, 4) is 0 Å². The van der Waals surface area contributed by atoms with Gasteiger partial charge >= 0.3 is 0 Å². The van der Waals surface area contributed by atoms with Gasteiger partial charge in [0.25, 0.3) is 0 Å². The van der Waals surface area contributed by atoms with Crippen LogP contribution in [0.15, 0.2) is 12.7 Å². The van der Waals surface area contributed by atoms with Gasteiger partial charge in [0.2, 0.25) is 0 Å². The summed E-state index contributed by atoms with van der Waals surface area (Å²) in [6.45, 7) is 7.61. The van der Waals surface area contributed by atoms with E-state index in [2.05, 4.69) is 13.5 Å². The molecule has 0 amide bonds. The molecule has 0 saturated carbocycles. The monoisotopic (exact) mass is 140 g/mol. The number of ketones is 1. The molecule has 0 spiro atoms. The minimum absolute atomic E-state index is 0.356. The molecule has 0 aromatic carbocycles. The minimum atomic E-state index is 0.356. The maximum absolute atomic E-state index is 10.9. The topological polar surface area (TPSA) is 17.1 Å². The zero-order valence-corrected chi connectivity index (χ0v) is 6.89. The summed E-state index contributed by atoms with van der Waals surface area (Å²) in [5, 5.41) is 0. The average molecular weight is 140 g/mol. The lowest BCUT2D eigenvalue weighted by Crippen LogP contribution is -2.02. The fourth-order valence-electron chi connectivity index (χ4n) is 0.901. The smallest absolute Gasteiger partial charge is 0.132 e. The lowest BCUT2D eigenvalue weighted by atomic mass is 10.0. The molecule has 0 aliphatic rings. The molecule has 0 aromatic heterocycles. The van der Waals surface area contributed by atoms with Crippen LogP contribution in [0.25, 0.3) is 0 Å². The van der Waals surface area contributed by atoms with Crippen LogP contribution < -0.4 is 0 Å². The van der Waals surface area contributed by atoms with E-state index >= 15 is 0 Å². The van der Waals surface area contributed by atoms with Crippen LogP contribution in [0, 0.1) is 5.92 Å². The number of carbonyl (C=O) groups excluding carboxylic acids is 1. The zero-order valence-electron chi connectivity index (χ0n) is 6.89. The highest BCUT2D eigenvalue weighted by molar-refractivity contribution is 5.78. The van der Waals surface area contributed by atoms with E-state index in [1.807, 2.05) is 13.0 Å². The van der Waals surface area contributed by atoms with Gasteiger partial charge in [0.15, 0.2) is 0 Å². The van der Waals surface area contributed by atoms with E-state index in [-0.39, 0.29) is 0 Å². The molecule has 1 nitrogen and oxygen atoms in total. The third-order valence-corrected chi connectivity index (χ3v) is 1.54. The normalized spacial score (nSPS) is 12.6. The van der Waals surface area contributed by atoms with Crippen molar-refractivity contribution in [2.45, 2.75) is 33.1 Å². The number of rotatable bonds is 5. The van der Waals surface area contributed by atoms with Crippen molar-refractivity contribution < 1.29 is 4.79 Å². The van der Waals surface area contributed by atoms with Crippen molar-refractivity contribution in [3.63, 3.8) is 0 Å². The molecule has 0 radical (unpaired) electrons. The Bertz CT molecular complexity index is 116. The Morgan fingerprint density at radius 1 is 1.70 bits per heavy atom. The molecule has 58 valence electrons. The maximum Gasteiger partial charge on any atom is 0.132 e. The molecule has 0 aliphatic carbocycles. The number of carbonyl (C=O) groups is 1. The van der Waals surface area contributed by atoms with Gasteiger partial charge in [0.05, 0.1) is 0 Å². The van der Waals surface area contributed by atoms with Gasteiger partial charge in [-0.05, 0) is 12.3 Å². The van der Waals surface area contributed by atoms with Gasteiger partial charge in [-0.1, -0.05) is 19.9 Å². The highest BCUT2D eigenvalue weighted by Crippen LogP contribution is 2.08. The molecule has 0 aliphatic heterocycles. The predicted molar refractivity (Wildman–Crippen MR) is 43.9 cm³/mol. The SMILES string of the molecule is C=CC[C@H](C)CC(=O)CC. The van der Waals surface area contributed by atoms with Crippen molar-refractivity contribution >= 4 is 5.78 Å². The van der Waals surface area contributed by atoms with E-state index in [0.717, 1.165) is 6.42 Å². The Balaban J connectivity index is 3.46. The zero-order chi connectivity index (χ0) is 7.98. The van der Waals surface area contributed by atoms with Gasteiger partial charge in [-0.15, -0.1) is 6.58 Å². The Morgan fingerprint density at radius 2 is 2.30 bits per heavy atom.